The molecule has 0 saturated carbocycles. The van der Waals surface area contributed by atoms with Crippen LogP contribution < -0.4 is 15.4 Å². The predicted octanol–water partition coefficient (Wildman–Crippen LogP) is 4.64. The largest absolute Gasteiger partial charge is 0.496 e. The maximum atomic E-state index is 14.0. The number of hydrogen-bond donors (Lipinski definition) is 2. The second-order valence-corrected chi connectivity index (χ2v) is 8.62. The van der Waals surface area contributed by atoms with E-state index in [1.165, 1.54) is 18.9 Å². The lowest BCUT2D eigenvalue weighted by Crippen LogP contribution is -2.28. The Kier molecular flexibility index (Phi) is 6.67. The van der Waals surface area contributed by atoms with E-state index in [0.717, 1.165) is 54.4 Å². The second kappa shape index (κ2) is 10.2. The molecular weight excluding hydrogens is 431 g/mol. The predicted molar refractivity (Wildman–Crippen MR) is 131 cm³/mol. The van der Waals surface area contributed by atoms with Gasteiger partial charge in [-0.1, -0.05) is 30.3 Å². The number of nitrogens with zero attached hydrogens (tertiary/aromatic N) is 4. The monoisotopic (exact) mass is 460 g/mol. The lowest BCUT2D eigenvalue weighted by molar-refractivity contribution is 0.339. The highest BCUT2D eigenvalue weighted by molar-refractivity contribution is 5.79. The first-order valence-corrected chi connectivity index (χ1v) is 11.8. The van der Waals surface area contributed by atoms with Gasteiger partial charge in [0.15, 0.2) is 5.65 Å². The molecule has 2 N–H and O–H groups in total. The van der Waals surface area contributed by atoms with Crippen molar-refractivity contribution >= 4 is 17.1 Å². The zero-order chi connectivity index (χ0) is 23.3. The van der Waals surface area contributed by atoms with Crippen molar-refractivity contribution in [2.45, 2.75) is 32.4 Å². The van der Waals surface area contributed by atoms with Crippen molar-refractivity contribution < 1.29 is 9.13 Å². The fourth-order valence-corrected chi connectivity index (χ4v) is 4.55. The van der Waals surface area contributed by atoms with Crippen LogP contribution in [0.25, 0.3) is 22.6 Å². The third kappa shape index (κ3) is 4.72. The molecule has 2 aromatic carbocycles. The number of ether oxygens (including phenoxy) is 1. The van der Waals surface area contributed by atoms with Crippen LogP contribution in [-0.4, -0.2) is 39.7 Å². The Bertz CT molecular complexity index is 1270. The maximum absolute atomic E-state index is 14.0. The Labute approximate surface area is 198 Å². The minimum Gasteiger partial charge on any atom is -0.496 e. The number of nitrogens with one attached hydrogen (secondary N) is 2. The molecule has 8 heteroatoms. The molecule has 1 aliphatic heterocycles. The third-order valence-corrected chi connectivity index (χ3v) is 6.45. The number of benzene rings is 2. The van der Waals surface area contributed by atoms with Crippen molar-refractivity contribution in [3.05, 3.63) is 66.1 Å². The van der Waals surface area contributed by atoms with Crippen LogP contribution in [0, 0.1) is 11.7 Å². The van der Waals surface area contributed by atoms with Gasteiger partial charge >= 0.3 is 0 Å². The normalized spacial score (nSPS) is 14.4. The number of para-hydroxylation sites is 1. The Morgan fingerprint density at radius 1 is 1.09 bits per heavy atom. The summed E-state index contributed by atoms with van der Waals surface area (Å²) >= 11 is 0. The summed E-state index contributed by atoms with van der Waals surface area (Å²) in [4.78, 5) is 14.1. The standard InChI is InChI=1S/C26H29FN6O/c1-34-23-9-5-3-7-20(23)24-31-22-17-30-26(29-16-19-6-2-4-8-21(19)27)32-25(22)33(24)15-12-18-10-13-28-14-11-18/h2-9,17-18,28H,10-16H2,1H3,(H,29,30,32). The summed E-state index contributed by atoms with van der Waals surface area (Å²) in [5, 5.41) is 6.60. The zero-order valence-corrected chi connectivity index (χ0v) is 19.3. The van der Waals surface area contributed by atoms with Crippen molar-refractivity contribution in [3.63, 3.8) is 0 Å². The molecule has 2 aromatic heterocycles. The van der Waals surface area contributed by atoms with E-state index in [9.17, 15) is 4.39 Å². The highest BCUT2D eigenvalue weighted by Crippen LogP contribution is 2.32. The van der Waals surface area contributed by atoms with E-state index in [0.29, 0.717) is 24.0 Å². The van der Waals surface area contributed by atoms with Crippen LogP contribution in [-0.2, 0) is 13.1 Å². The van der Waals surface area contributed by atoms with Crippen LogP contribution in [0.4, 0.5) is 10.3 Å². The Morgan fingerprint density at radius 3 is 2.71 bits per heavy atom. The fraction of sp³-hybridized carbons (Fsp3) is 0.346. The van der Waals surface area contributed by atoms with Gasteiger partial charge in [0.2, 0.25) is 5.95 Å². The second-order valence-electron chi connectivity index (χ2n) is 8.62. The zero-order valence-electron chi connectivity index (χ0n) is 19.3. The first-order valence-electron chi connectivity index (χ1n) is 11.8. The van der Waals surface area contributed by atoms with Gasteiger partial charge in [0.25, 0.3) is 0 Å². The van der Waals surface area contributed by atoms with E-state index < -0.39 is 0 Å². The molecule has 176 valence electrons. The van der Waals surface area contributed by atoms with Crippen LogP contribution in [0.1, 0.15) is 24.8 Å². The highest BCUT2D eigenvalue weighted by atomic mass is 19.1. The molecular formula is C26H29FN6O. The van der Waals surface area contributed by atoms with Gasteiger partial charge in [0.1, 0.15) is 22.9 Å². The minimum absolute atomic E-state index is 0.249. The molecule has 0 amide bonds. The molecule has 1 fully saturated rings. The number of hydrogen-bond acceptors (Lipinski definition) is 6. The Hall–Kier alpha value is -3.52. The number of aryl methyl sites for hydroxylation is 1. The Balaban J connectivity index is 1.49. The van der Waals surface area contributed by atoms with Crippen molar-refractivity contribution in [2.24, 2.45) is 5.92 Å². The SMILES string of the molecule is COc1ccccc1-c1nc2cnc(NCc3ccccc3F)nc2n1CCC1CCNCC1. The molecule has 1 aliphatic rings. The summed E-state index contributed by atoms with van der Waals surface area (Å²) < 4.78 is 21.8. The molecule has 0 atom stereocenters. The van der Waals surface area contributed by atoms with Crippen molar-refractivity contribution in [2.75, 3.05) is 25.5 Å². The van der Waals surface area contributed by atoms with Gasteiger partial charge in [-0.15, -0.1) is 0 Å². The summed E-state index contributed by atoms with van der Waals surface area (Å²) in [6, 6.07) is 14.6. The summed E-state index contributed by atoms with van der Waals surface area (Å²) in [5.74, 6) is 2.46. The van der Waals surface area contributed by atoms with E-state index in [2.05, 4.69) is 20.2 Å². The summed E-state index contributed by atoms with van der Waals surface area (Å²) in [6.07, 6.45) is 5.14. The summed E-state index contributed by atoms with van der Waals surface area (Å²) in [5.41, 5.74) is 2.98. The number of imidazole rings is 1. The van der Waals surface area contributed by atoms with Gasteiger partial charge in [0, 0.05) is 18.7 Å². The summed E-state index contributed by atoms with van der Waals surface area (Å²) in [6.45, 7) is 3.25. The first-order chi connectivity index (χ1) is 16.7. The smallest absolute Gasteiger partial charge is 0.225 e. The van der Waals surface area contributed by atoms with Crippen LogP contribution in [0.5, 0.6) is 5.75 Å². The molecule has 0 spiro atoms. The molecule has 5 rings (SSSR count). The fourth-order valence-electron chi connectivity index (χ4n) is 4.55. The molecule has 0 unspecified atom stereocenters. The topological polar surface area (TPSA) is 76.9 Å². The van der Waals surface area contributed by atoms with Crippen LogP contribution in [0.15, 0.2) is 54.7 Å². The average molecular weight is 461 g/mol. The van der Waals surface area contributed by atoms with Gasteiger partial charge in [-0.3, -0.25) is 0 Å². The van der Waals surface area contributed by atoms with Crippen LogP contribution >= 0.6 is 0 Å². The van der Waals surface area contributed by atoms with Gasteiger partial charge in [-0.25, -0.2) is 14.4 Å². The highest BCUT2D eigenvalue weighted by Gasteiger charge is 2.20. The van der Waals surface area contributed by atoms with E-state index in [4.69, 9.17) is 14.7 Å². The van der Waals surface area contributed by atoms with Crippen LogP contribution in [0.2, 0.25) is 0 Å². The van der Waals surface area contributed by atoms with Gasteiger partial charge in [-0.05, 0) is 56.5 Å². The number of methoxy groups -OCH3 is 1. The molecule has 0 bridgehead atoms. The number of piperidine rings is 1. The van der Waals surface area contributed by atoms with Crippen molar-refractivity contribution in [3.8, 4) is 17.1 Å². The third-order valence-electron chi connectivity index (χ3n) is 6.45. The Morgan fingerprint density at radius 2 is 1.88 bits per heavy atom. The summed E-state index contributed by atoms with van der Waals surface area (Å²) in [7, 11) is 1.67. The minimum atomic E-state index is -0.249. The van der Waals surface area contributed by atoms with Crippen LogP contribution in [0.3, 0.4) is 0 Å². The molecule has 0 radical (unpaired) electrons. The molecule has 3 heterocycles. The molecule has 1 saturated heterocycles. The van der Waals surface area contributed by atoms with Gasteiger partial charge in [0.05, 0.1) is 18.9 Å². The van der Waals surface area contributed by atoms with Crippen molar-refractivity contribution in [1.29, 1.82) is 0 Å². The molecule has 4 aromatic rings. The first kappa shape index (κ1) is 22.3. The molecule has 7 nitrogen and oxygen atoms in total. The average Bonchev–Trinajstić information content (AvgIpc) is 3.25. The van der Waals surface area contributed by atoms with Gasteiger partial charge < -0.3 is 19.9 Å². The van der Waals surface area contributed by atoms with Crippen molar-refractivity contribution in [1.82, 2.24) is 24.8 Å². The quantitative estimate of drug-likeness (QED) is 0.399. The van der Waals surface area contributed by atoms with E-state index in [-0.39, 0.29) is 5.82 Å². The van der Waals surface area contributed by atoms with E-state index >= 15 is 0 Å². The lowest BCUT2D eigenvalue weighted by Gasteiger charge is -2.23. The number of rotatable bonds is 8. The lowest BCUT2D eigenvalue weighted by atomic mass is 9.95. The molecule has 34 heavy (non-hydrogen) atoms. The number of anilines is 1. The van der Waals surface area contributed by atoms with E-state index in [1.54, 1.807) is 25.4 Å². The van der Waals surface area contributed by atoms with E-state index in [1.807, 2.05) is 30.3 Å². The number of aromatic nitrogens is 4. The number of halogens is 1. The molecule has 0 aliphatic carbocycles. The number of fused-ring (bicyclic) bond motifs is 1. The maximum Gasteiger partial charge on any atom is 0.225 e. The van der Waals surface area contributed by atoms with Gasteiger partial charge in [-0.2, -0.15) is 4.98 Å².